The predicted molar refractivity (Wildman–Crippen MR) is 78.7 cm³/mol. The summed E-state index contributed by atoms with van der Waals surface area (Å²) >= 11 is 0. The van der Waals surface area contributed by atoms with E-state index >= 15 is 0 Å². The normalized spacial score (nSPS) is 19.8. The molecule has 0 aliphatic carbocycles. The highest BCUT2D eigenvalue weighted by Crippen LogP contribution is 2.30. The van der Waals surface area contributed by atoms with E-state index in [1.165, 1.54) is 12.1 Å². The molecule has 4 nitrogen and oxygen atoms in total. The molecule has 1 N–H and O–H groups in total. The zero-order chi connectivity index (χ0) is 17.2. The van der Waals surface area contributed by atoms with Crippen molar-refractivity contribution in [2.75, 3.05) is 13.6 Å². The van der Waals surface area contributed by atoms with Crippen LogP contribution in [0.5, 0.6) is 0 Å². The van der Waals surface area contributed by atoms with Crippen molar-refractivity contribution >= 4 is 11.8 Å². The number of carbonyl (C=O) groups is 2. The molecule has 1 heterocycles. The maximum Gasteiger partial charge on any atom is 0.416 e. The van der Waals surface area contributed by atoms with Gasteiger partial charge in [0.15, 0.2) is 0 Å². The van der Waals surface area contributed by atoms with Gasteiger partial charge in [0.05, 0.1) is 11.6 Å². The van der Waals surface area contributed by atoms with Crippen molar-refractivity contribution < 1.29 is 22.8 Å². The highest BCUT2D eigenvalue weighted by Gasteiger charge is 2.30. The minimum Gasteiger partial charge on any atom is -0.351 e. The number of alkyl halides is 3. The number of hydrogen-bond acceptors (Lipinski definition) is 2. The van der Waals surface area contributed by atoms with Gasteiger partial charge in [0.2, 0.25) is 11.8 Å². The molecule has 23 heavy (non-hydrogen) atoms. The SMILES string of the molecule is C[C@@H](CC(=O)N[C@H]1CC(=O)N(C)C1)c1ccc(C(F)(F)F)cc1. The molecular formula is C16H19F3N2O2. The van der Waals surface area contributed by atoms with Gasteiger partial charge in [0.1, 0.15) is 0 Å². The Hall–Kier alpha value is -2.05. The molecule has 0 aromatic heterocycles. The molecule has 1 aromatic carbocycles. The van der Waals surface area contributed by atoms with Gasteiger partial charge in [0.25, 0.3) is 0 Å². The first kappa shape index (κ1) is 17.3. The molecule has 1 aliphatic heterocycles. The number of benzene rings is 1. The van der Waals surface area contributed by atoms with Gasteiger partial charge in [-0.3, -0.25) is 9.59 Å². The van der Waals surface area contributed by atoms with Crippen molar-refractivity contribution in [3.8, 4) is 0 Å². The summed E-state index contributed by atoms with van der Waals surface area (Å²) in [7, 11) is 1.68. The smallest absolute Gasteiger partial charge is 0.351 e. The van der Waals surface area contributed by atoms with Crippen LogP contribution in [0.15, 0.2) is 24.3 Å². The van der Waals surface area contributed by atoms with Crippen LogP contribution in [0.3, 0.4) is 0 Å². The van der Waals surface area contributed by atoms with E-state index < -0.39 is 11.7 Å². The Morgan fingerprint density at radius 1 is 1.35 bits per heavy atom. The highest BCUT2D eigenvalue weighted by molar-refractivity contribution is 5.82. The standard InChI is InChI=1S/C16H19F3N2O2/c1-10(11-3-5-12(6-4-11)16(17,18)19)7-14(22)20-13-8-15(23)21(2)9-13/h3-6,10,13H,7-9H2,1-2H3,(H,20,22)/t10-,13-/m0/s1. The Labute approximate surface area is 132 Å². The minimum absolute atomic E-state index is 0.00825. The molecule has 7 heteroatoms. The molecule has 2 rings (SSSR count). The van der Waals surface area contributed by atoms with E-state index in [9.17, 15) is 22.8 Å². The zero-order valence-electron chi connectivity index (χ0n) is 13.0. The Balaban J connectivity index is 1.90. The summed E-state index contributed by atoms with van der Waals surface area (Å²) in [5.74, 6) is -0.413. The number of likely N-dealkylation sites (N-methyl/N-ethyl adjacent to an activating group) is 1. The van der Waals surface area contributed by atoms with E-state index in [1.54, 1.807) is 18.9 Å². The average Bonchev–Trinajstić information content (AvgIpc) is 2.76. The average molecular weight is 328 g/mol. The molecule has 0 saturated carbocycles. The molecule has 1 saturated heterocycles. The van der Waals surface area contributed by atoms with Gasteiger partial charge in [-0.1, -0.05) is 19.1 Å². The minimum atomic E-state index is -4.36. The van der Waals surface area contributed by atoms with Crippen LogP contribution in [0.2, 0.25) is 0 Å². The maximum absolute atomic E-state index is 12.5. The van der Waals surface area contributed by atoms with Gasteiger partial charge >= 0.3 is 6.18 Å². The van der Waals surface area contributed by atoms with Gasteiger partial charge in [-0.15, -0.1) is 0 Å². The number of amides is 2. The van der Waals surface area contributed by atoms with Crippen molar-refractivity contribution in [1.82, 2.24) is 10.2 Å². The lowest BCUT2D eigenvalue weighted by molar-refractivity contribution is -0.137. The summed E-state index contributed by atoms with van der Waals surface area (Å²) in [6.07, 6.45) is -3.91. The summed E-state index contributed by atoms with van der Waals surface area (Å²) in [5, 5.41) is 2.79. The largest absolute Gasteiger partial charge is 0.416 e. The number of carbonyl (C=O) groups excluding carboxylic acids is 2. The van der Waals surface area contributed by atoms with E-state index in [2.05, 4.69) is 5.32 Å². The van der Waals surface area contributed by atoms with Gasteiger partial charge in [0, 0.05) is 26.4 Å². The van der Waals surface area contributed by atoms with E-state index in [1.807, 2.05) is 0 Å². The molecule has 0 bridgehead atoms. The molecule has 2 atom stereocenters. The number of likely N-dealkylation sites (tertiary alicyclic amines) is 1. The third-order valence-electron chi connectivity index (χ3n) is 4.00. The fraction of sp³-hybridized carbons (Fsp3) is 0.500. The topological polar surface area (TPSA) is 49.4 Å². The summed E-state index contributed by atoms with van der Waals surface area (Å²) in [6.45, 7) is 2.27. The quantitative estimate of drug-likeness (QED) is 0.923. The fourth-order valence-corrected chi connectivity index (χ4v) is 2.64. The summed E-state index contributed by atoms with van der Waals surface area (Å²) in [5.41, 5.74) is -0.0295. The first-order valence-electron chi connectivity index (χ1n) is 7.37. The van der Waals surface area contributed by atoms with Crippen molar-refractivity contribution in [1.29, 1.82) is 0 Å². The Morgan fingerprint density at radius 2 is 1.96 bits per heavy atom. The van der Waals surface area contributed by atoms with E-state index in [-0.39, 0.29) is 36.6 Å². The van der Waals surface area contributed by atoms with Crippen LogP contribution in [-0.2, 0) is 15.8 Å². The van der Waals surface area contributed by atoms with Crippen molar-refractivity contribution in [2.45, 2.75) is 37.9 Å². The molecule has 1 aromatic rings. The second-order valence-corrected chi connectivity index (χ2v) is 5.97. The number of nitrogens with one attached hydrogen (secondary N) is 1. The van der Waals surface area contributed by atoms with Gasteiger partial charge in [-0.25, -0.2) is 0 Å². The van der Waals surface area contributed by atoms with Crippen molar-refractivity contribution in [3.05, 3.63) is 35.4 Å². The summed E-state index contributed by atoms with van der Waals surface area (Å²) in [6, 6.07) is 4.64. The third-order valence-corrected chi connectivity index (χ3v) is 4.00. The number of nitrogens with zero attached hydrogens (tertiary/aromatic N) is 1. The van der Waals surface area contributed by atoms with Crippen LogP contribution in [-0.4, -0.2) is 36.3 Å². The van der Waals surface area contributed by atoms with Crippen LogP contribution in [0, 0.1) is 0 Å². The molecular weight excluding hydrogens is 309 g/mol. The second-order valence-electron chi connectivity index (χ2n) is 5.97. The van der Waals surface area contributed by atoms with Gasteiger partial charge in [-0.05, 0) is 23.6 Å². The highest BCUT2D eigenvalue weighted by atomic mass is 19.4. The first-order chi connectivity index (χ1) is 10.7. The lowest BCUT2D eigenvalue weighted by Gasteiger charge is -2.16. The van der Waals surface area contributed by atoms with Gasteiger partial charge < -0.3 is 10.2 Å². The molecule has 126 valence electrons. The van der Waals surface area contributed by atoms with Crippen LogP contribution < -0.4 is 5.32 Å². The summed E-state index contributed by atoms with van der Waals surface area (Å²) < 4.78 is 37.6. The fourth-order valence-electron chi connectivity index (χ4n) is 2.64. The van der Waals surface area contributed by atoms with Crippen LogP contribution >= 0.6 is 0 Å². The molecule has 0 spiro atoms. The van der Waals surface area contributed by atoms with Crippen LogP contribution in [0.4, 0.5) is 13.2 Å². The number of rotatable bonds is 4. The first-order valence-corrected chi connectivity index (χ1v) is 7.37. The lowest BCUT2D eigenvalue weighted by atomic mass is 9.96. The zero-order valence-corrected chi connectivity index (χ0v) is 13.0. The van der Waals surface area contributed by atoms with E-state index in [0.717, 1.165) is 12.1 Å². The predicted octanol–water partition coefficient (Wildman–Crippen LogP) is 2.55. The van der Waals surface area contributed by atoms with Crippen LogP contribution in [0.1, 0.15) is 36.8 Å². The van der Waals surface area contributed by atoms with E-state index in [0.29, 0.717) is 12.1 Å². The molecule has 0 radical (unpaired) electrons. The molecule has 1 fully saturated rings. The number of halogens is 3. The molecule has 2 amide bonds. The Kier molecular flexibility index (Phi) is 4.97. The molecule has 0 unspecified atom stereocenters. The Morgan fingerprint density at radius 3 is 2.43 bits per heavy atom. The van der Waals surface area contributed by atoms with Crippen molar-refractivity contribution in [2.24, 2.45) is 0 Å². The number of hydrogen-bond donors (Lipinski definition) is 1. The van der Waals surface area contributed by atoms with Crippen LogP contribution in [0.25, 0.3) is 0 Å². The van der Waals surface area contributed by atoms with Crippen molar-refractivity contribution in [3.63, 3.8) is 0 Å². The second kappa shape index (κ2) is 6.60. The van der Waals surface area contributed by atoms with Gasteiger partial charge in [-0.2, -0.15) is 13.2 Å². The third kappa shape index (κ3) is 4.46. The molecule has 1 aliphatic rings. The lowest BCUT2D eigenvalue weighted by Crippen LogP contribution is -2.36. The van der Waals surface area contributed by atoms with E-state index in [4.69, 9.17) is 0 Å². The summed E-state index contributed by atoms with van der Waals surface area (Å²) in [4.78, 5) is 25.0. The monoisotopic (exact) mass is 328 g/mol. The Bertz CT molecular complexity index is 584. The maximum atomic E-state index is 12.5.